The number of hydrogen-bond donors (Lipinski definition) is 2. The van der Waals surface area contributed by atoms with Crippen molar-refractivity contribution >= 4 is 14.4 Å². The van der Waals surface area contributed by atoms with Crippen LogP contribution in [-0.4, -0.2) is 76.3 Å². The second-order valence-electron chi connectivity index (χ2n) is 13.1. The lowest BCUT2D eigenvalue weighted by molar-refractivity contribution is -0.175. The summed E-state index contributed by atoms with van der Waals surface area (Å²) in [5.74, 6) is 5.57. The van der Waals surface area contributed by atoms with Crippen LogP contribution in [0.15, 0.2) is 15.8 Å². The largest absolute Gasteiger partial charge is 0.368 e. The van der Waals surface area contributed by atoms with Gasteiger partial charge in [0.05, 0.1) is 13.2 Å². The second-order valence-corrected chi connectivity index (χ2v) is 14.5. The molecule has 2 N–H and O–H groups in total. The Morgan fingerprint density at radius 1 is 1.15 bits per heavy atom. The molecule has 0 aliphatic carbocycles. The summed E-state index contributed by atoms with van der Waals surface area (Å²) in [4.78, 5) is 43.7. The van der Waals surface area contributed by atoms with Crippen molar-refractivity contribution in [2.75, 3.05) is 26.3 Å². The van der Waals surface area contributed by atoms with Gasteiger partial charge in [0.2, 0.25) is 12.5 Å². The van der Waals surface area contributed by atoms with Gasteiger partial charge in [-0.1, -0.05) is 77.1 Å². The third kappa shape index (κ3) is 11.0. The van der Waals surface area contributed by atoms with E-state index in [9.17, 15) is 14.4 Å². The molecule has 3 heterocycles. The molecule has 1 aromatic heterocycles. The Morgan fingerprint density at radius 2 is 1.81 bits per heavy atom. The van der Waals surface area contributed by atoms with Gasteiger partial charge < -0.3 is 28.7 Å². The number of rotatable bonds is 21. The van der Waals surface area contributed by atoms with Crippen LogP contribution in [0.4, 0.5) is 0 Å². The highest BCUT2D eigenvalue weighted by atomic mass is 31.2. The summed E-state index contributed by atoms with van der Waals surface area (Å²) in [6.45, 7) is 20.5. The standard InChI is InChI=1S/C35H56N5O7P/c1-8-10-11-12-13-14-15-16-17-20-29(41)37-21-18-19-28-24-39(34(43)38-32(28)42)33-30-31(35(9-2,46-33)25-44-30)47-48(45-23-22-36-7)40(26(3)4)27(5)6/h24,26-27,30-31,33H,8-17,20-23,25H2,1-6H3,(H,37,41)(H,38,42,43)/t30?,31-,33+,35+,48?/m0/s1. The number of hydrogen-bond acceptors (Lipinski definition) is 8. The topological polar surface area (TPSA) is 128 Å². The fourth-order valence-electron chi connectivity index (χ4n) is 6.22. The van der Waals surface area contributed by atoms with E-state index in [2.05, 4.69) is 66.3 Å². The monoisotopic (exact) mass is 689 g/mol. The van der Waals surface area contributed by atoms with Gasteiger partial charge in [0.25, 0.3) is 14.1 Å². The average Bonchev–Trinajstić information content (AvgIpc) is 3.54. The van der Waals surface area contributed by atoms with Gasteiger partial charge in [0.15, 0.2) is 6.23 Å². The number of carbonyl (C=O) groups excluding carboxylic acids is 1. The van der Waals surface area contributed by atoms with Crippen LogP contribution >= 0.6 is 8.53 Å². The number of carbonyl (C=O) groups is 1. The number of aromatic nitrogens is 2. The molecule has 2 aliphatic heterocycles. The van der Waals surface area contributed by atoms with Crippen molar-refractivity contribution in [3.8, 4) is 11.8 Å². The Labute approximate surface area is 287 Å². The Bertz CT molecular complexity index is 1370. The molecular weight excluding hydrogens is 633 g/mol. The van der Waals surface area contributed by atoms with E-state index in [0.717, 1.165) is 19.3 Å². The van der Waals surface area contributed by atoms with Gasteiger partial charge >= 0.3 is 5.69 Å². The number of nitrogens with zero attached hydrogens (tertiary/aromatic N) is 3. The zero-order valence-electron chi connectivity index (χ0n) is 29.7. The lowest BCUT2D eigenvalue weighted by Gasteiger charge is -2.38. The molecule has 3 rings (SSSR count). The Hall–Kier alpha value is -2.57. The summed E-state index contributed by atoms with van der Waals surface area (Å²) in [7, 11) is -1.58. The lowest BCUT2D eigenvalue weighted by Crippen LogP contribution is -2.43. The van der Waals surface area contributed by atoms with Crippen molar-refractivity contribution in [1.29, 1.82) is 0 Å². The predicted octanol–water partition coefficient (Wildman–Crippen LogP) is 5.67. The normalized spacial score (nSPS) is 22.2. The van der Waals surface area contributed by atoms with E-state index in [4.69, 9.17) is 25.1 Å². The van der Waals surface area contributed by atoms with Gasteiger partial charge in [-0.2, -0.15) is 0 Å². The van der Waals surface area contributed by atoms with Gasteiger partial charge in [0.1, 0.15) is 30.0 Å². The van der Waals surface area contributed by atoms with Crippen LogP contribution in [-0.2, 0) is 23.3 Å². The molecule has 12 nitrogen and oxygen atoms in total. The van der Waals surface area contributed by atoms with E-state index < -0.39 is 43.8 Å². The van der Waals surface area contributed by atoms with E-state index in [1.54, 1.807) is 0 Å². The number of nitrogens with one attached hydrogen (secondary N) is 2. The van der Waals surface area contributed by atoms with E-state index in [1.807, 2.05) is 6.92 Å². The van der Waals surface area contributed by atoms with Crippen molar-refractivity contribution in [2.45, 2.75) is 148 Å². The Morgan fingerprint density at radius 3 is 2.44 bits per heavy atom. The molecule has 0 spiro atoms. The molecule has 48 heavy (non-hydrogen) atoms. The maximum atomic E-state index is 13.1. The maximum absolute atomic E-state index is 13.1. The molecule has 1 amide bonds. The number of H-pyrrole nitrogens is 1. The fourth-order valence-corrected chi connectivity index (χ4v) is 8.02. The van der Waals surface area contributed by atoms with E-state index >= 15 is 0 Å². The first kappa shape index (κ1) is 39.9. The molecule has 2 fully saturated rings. The van der Waals surface area contributed by atoms with Crippen molar-refractivity contribution in [2.24, 2.45) is 0 Å². The van der Waals surface area contributed by atoms with Crippen LogP contribution in [0.5, 0.6) is 0 Å². The quantitative estimate of drug-likeness (QED) is 0.0732. The highest BCUT2D eigenvalue weighted by Gasteiger charge is 2.63. The SMILES string of the molecule is [C-]#[N+]CCOP(O[C@H]1C2OC[C@@]1(CC)O[C@H]2n1cc(C#CCNC(=O)CCCCCCCCCCC)c(=O)[nH]c1=O)N(C(C)C)C(C)C. The molecule has 268 valence electrons. The van der Waals surface area contributed by atoms with Crippen LogP contribution in [0.1, 0.15) is 124 Å². The number of ether oxygens (including phenoxy) is 2. The third-order valence-electron chi connectivity index (χ3n) is 8.77. The number of unbranched alkanes of at least 4 members (excludes halogenated alkanes) is 8. The predicted molar refractivity (Wildman–Crippen MR) is 187 cm³/mol. The van der Waals surface area contributed by atoms with E-state index in [-0.39, 0.29) is 49.9 Å². The molecule has 0 radical (unpaired) electrons. The molecule has 0 saturated carbocycles. The molecule has 1 aromatic rings. The van der Waals surface area contributed by atoms with Crippen molar-refractivity contribution in [3.63, 3.8) is 0 Å². The highest BCUT2D eigenvalue weighted by molar-refractivity contribution is 7.44. The van der Waals surface area contributed by atoms with E-state index in [0.29, 0.717) is 12.8 Å². The summed E-state index contributed by atoms with van der Waals surface area (Å²) >= 11 is 0. The average molecular weight is 690 g/mol. The lowest BCUT2D eigenvalue weighted by atomic mass is 9.96. The zero-order chi connectivity index (χ0) is 35.1. The van der Waals surface area contributed by atoms with E-state index in [1.165, 1.54) is 49.3 Å². The number of amides is 1. The Kier molecular flexibility index (Phi) is 16.8. The molecule has 2 saturated heterocycles. The van der Waals surface area contributed by atoms with Crippen LogP contribution in [0.25, 0.3) is 4.85 Å². The smallest absolute Gasteiger partial charge is 0.330 e. The molecule has 2 unspecified atom stereocenters. The van der Waals surface area contributed by atoms with Gasteiger partial charge in [-0.15, -0.1) is 0 Å². The summed E-state index contributed by atoms with van der Waals surface area (Å²) in [6, 6.07) is 0.224. The van der Waals surface area contributed by atoms with Gasteiger partial charge in [-0.25, -0.2) is 16.0 Å². The Balaban J connectivity index is 1.65. The molecule has 2 bridgehead atoms. The zero-order valence-corrected chi connectivity index (χ0v) is 30.6. The molecular formula is C35H56N5O7P. The first-order valence-corrected chi connectivity index (χ1v) is 18.8. The number of fused-ring (bicyclic) bond motifs is 2. The van der Waals surface area contributed by atoms with Crippen LogP contribution < -0.4 is 16.6 Å². The molecule has 2 aliphatic rings. The summed E-state index contributed by atoms with van der Waals surface area (Å²) in [5, 5.41) is 2.80. The van der Waals surface area contributed by atoms with Crippen molar-refractivity contribution < 1.29 is 23.3 Å². The maximum Gasteiger partial charge on any atom is 0.330 e. The minimum Gasteiger partial charge on any atom is -0.368 e. The van der Waals surface area contributed by atoms with Gasteiger partial charge in [-0.3, -0.25) is 19.1 Å². The minimum atomic E-state index is -1.58. The van der Waals surface area contributed by atoms with Gasteiger partial charge in [-0.05, 0) is 40.5 Å². The molecule has 5 atom stereocenters. The summed E-state index contributed by atoms with van der Waals surface area (Å²) in [6.07, 6.45) is 11.0. The van der Waals surface area contributed by atoms with Crippen molar-refractivity contribution in [3.05, 3.63) is 44.0 Å². The van der Waals surface area contributed by atoms with Crippen LogP contribution in [0.2, 0.25) is 0 Å². The third-order valence-corrected chi connectivity index (χ3v) is 10.9. The fraction of sp³-hybridized carbons (Fsp3) is 0.771. The molecule has 0 aromatic carbocycles. The van der Waals surface area contributed by atoms with Crippen LogP contribution in [0.3, 0.4) is 0 Å². The highest BCUT2D eigenvalue weighted by Crippen LogP contribution is 2.55. The van der Waals surface area contributed by atoms with Gasteiger partial charge in [0, 0.05) is 24.7 Å². The first-order valence-electron chi connectivity index (χ1n) is 17.7. The molecule has 13 heteroatoms. The van der Waals surface area contributed by atoms with Crippen molar-refractivity contribution in [1.82, 2.24) is 19.5 Å². The summed E-state index contributed by atoms with van der Waals surface area (Å²) in [5.41, 5.74) is -2.02. The first-order chi connectivity index (χ1) is 23.1. The second kappa shape index (κ2) is 20.2. The number of aromatic amines is 1. The summed E-state index contributed by atoms with van der Waals surface area (Å²) < 4.78 is 29.0. The minimum absolute atomic E-state index is 0.0684. The van der Waals surface area contributed by atoms with Crippen LogP contribution in [0, 0.1) is 18.4 Å².